The van der Waals surface area contributed by atoms with Crippen LogP contribution in [0.25, 0.3) is 23.0 Å². The smallest absolute Gasteiger partial charge is 0.332 e. The van der Waals surface area contributed by atoms with E-state index in [2.05, 4.69) is 39.5 Å². The molecule has 0 N–H and O–H groups in total. The summed E-state index contributed by atoms with van der Waals surface area (Å²) in [6.07, 6.45) is -3.61. The molecule has 0 saturated heterocycles. The van der Waals surface area contributed by atoms with E-state index in [0.29, 0.717) is 17.8 Å². The van der Waals surface area contributed by atoms with Crippen molar-refractivity contribution >= 4 is 0 Å². The third-order valence-electron chi connectivity index (χ3n) is 4.79. The van der Waals surface area contributed by atoms with E-state index in [1.54, 1.807) is 0 Å². The molecule has 0 saturated carbocycles. The van der Waals surface area contributed by atoms with Crippen molar-refractivity contribution in [2.75, 3.05) is 0 Å². The topological polar surface area (TPSA) is 56.7 Å². The van der Waals surface area contributed by atoms with E-state index in [1.807, 2.05) is 24.6 Å². The van der Waals surface area contributed by atoms with Gasteiger partial charge in [-0.2, -0.15) is 23.3 Å². The highest BCUT2D eigenvalue weighted by molar-refractivity contribution is 5.58. The van der Waals surface area contributed by atoms with Gasteiger partial charge in [-0.25, -0.2) is 0 Å². The van der Waals surface area contributed by atoms with Crippen LogP contribution in [-0.2, 0) is 19.1 Å². The first-order chi connectivity index (χ1) is 14.3. The number of aryl methyl sites for hydroxylation is 2. The standard InChI is InChI=1S/C22H19F3N4O/c1-3-18-12-19(27-29(18)13-15-6-4-14(2)5-7-15)21-26-20(28-30-21)16-8-10-17(11-9-16)22(23,24)25/h4-12H,3,13H2,1-2H3. The third-order valence-corrected chi connectivity index (χ3v) is 4.79. The summed E-state index contributed by atoms with van der Waals surface area (Å²) in [5.41, 5.74) is 3.58. The summed E-state index contributed by atoms with van der Waals surface area (Å²) < 4.78 is 45.4. The van der Waals surface area contributed by atoms with E-state index in [9.17, 15) is 13.2 Å². The maximum Gasteiger partial charge on any atom is 0.416 e. The highest BCUT2D eigenvalue weighted by Crippen LogP contribution is 2.31. The minimum Gasteiger partial charge on any atom is -0.332 e. The minimum absolute atomic E-state index is 0.213. The molecule has 8 heteroatoms. The van der Waals surface area contributed by atoms with Gasteiger partial charge < -0.3 is 4.52 Å². The van der Waals surface area contributed by atoms with Crippen LogP contribution in [-0.4, -0.2) is 19.9 Å². The Bertz CT molecular complexity index is 1140. The molecular weight excluding hydrogens is 393 g/mol. The second-order valence-corrected chi connectivity index (χ2v) is 7.02. The van der Waals surface area contributed by atoms with Crippen molar-refractivity contribution in [2.45, 2.75) is 33.0 Å². The van der Waals surface area contributed by atoms with Crippen molar-refractivity contribution in [3.8, 4) is 23.0 Å². The van der Waals surface area contributed by atoms with Crippen LogP contribution in [0.4, 0.5) is 13.2 Å². The molecule has 154 valence electrons. The van der Waals surface area contributed by atoms with Crippen LogP contribution < -0.4 is 0 Å². The molecule has 4 rings (SSSR count). The quantitative estimate of drug-likeness (QED) is 0.432. The Hall–Kier alpha value is -3.42. The van der Waals surface area contributed by atoms with Gasteiger partial charge in [0.1, 0.15) is 0 Å². The van der Waals surface area contributed by atoms with Crippen LogP contribution in [0.15, 0.2) is 59.1 Å². The molecule has 30 heavy (non-hydrogen) atoms. The van der Waals surface area contributed by atoms with Crippen LogP contribution in [0, 0.1) is 6.92 Å². The summed E-state index contributed by atoms with van der Waals surface area (Å²) in [6, 6.07) is 14.8. The van der Waals surface area contributed by atoms with Crippen LogP contribution >= 0.6 is 0 Å². The van der Waals surface area contributed by atoms with Crippen molar-refractivity contribution < 1.29 is 17.7 Å². The van der Waals surface area contributed by atoms with Gasteiger partial charge in [-0.3, -0.25) is 4.68 Å². The average Bonchev–Trinajstić information content (AvgIpc) is 3.36. The number of benzene rings is 2. The predicted molar refractivity (Wildman–Crippen MR) is 106 cm³/mol. The largest absolute Gasteiger partial charge is 0.416 e. The number of halogens is 3. The molecular formula is C22H19F3N4O. The van der Waals surface area contributed by atoms with Crippen molar-refractivity contribution in [2.24, 2.45) is 0 Å². The van der Waals surface area contributed by atoms with E-state index in [-0.39, 0.29) is 11.7 Å². The zero-order valence-electron chi connectivity index (χ0n) is 16.4. The normalized spacial score (nSPS) is 11.8. The molecule has 0 radical (unpaired) electrons. The second kappa shape index (κ2) is 7.78. The lowest BCUT2D eigenvalue weighted by Crippen LogP contribution is -2.05. The number of alkyl halides is 3. The first-order valence-electron chi connectivity index (χ1n) is 9.47. The van der Waals surface area contributed by atoms with Gasteiger partial charge in [0, 0.05) is 11.3 Å². The van der Waals surface area contributed by atoms with Gasteiger partial charge in [-0.15, -0.1) is 0 Å². The summed E-state index contributed by atoms with van der Waals surface area (Å²) in [5, 5.41) is 8.49. The highest BCUT2D eigenvalue weighted by atomic mass is 19.4. The Balaban J connectivity index is 1.58. The summed E-state index contributed by atoms with van der Waals surface area (Å²) >= 11 is 0. The highest BCUT2D eigenvalue weighted by Gasteiger charge is 2.30. The van der Waals surface area contributed by atoms with E-state index < -0.39 is 11.7 Å². The molecule has 5 nitrogen and oxygen atoms in total. The van der Waals surface area contributed by atoms with Crippen LogP contribution in [0.3, 0.4) is 0 Å². The molecule has 2 aromatic heterocycles. The Labute approximate surface area is 171 Å². The zero-order chi connectivity index (χ0) is 21.3. The Morgan fingerprint density at radius 3 is 2.33 bits per heavy atom. The summed E-state index contributed by atoms with van der Waals surface area (Å²) in [5.74, 6) is 0.437. The molecule has 0 amide bonds. The van der Waals surface area contributed by atoms with Gasteiger partial charge in [0.05, 0.1) is 12.1 Å². The van der Waals surface area contributed by atoms with E-state index in [1.165, 1.54) is 17.7 Å². The summed E-state index contributed by atoms with van der Waals surface area (Å²) in [6.45, 7) is 4.69. The minimum atomic E-state index is -4.39. The van der Waals surface area contributed by atoms with Crippen molar-refractivity contribution in [1.82, 2.24) is 19.9 Å². The lowest BCUT2D eigenvalue weighted by molar-refractivity contribution is -0.137. The molecule has 2 heterocycles. The fourth-order valence-electron chi connectivity index (χ4n) is 3.10. The summed E-state index contributed by atoms with van der Waals surface area (Å²) in [7, 11) is 0. The first-order valence-corrected chi connectivity index (χ1v) is 9.47. The average molecular weight is 412 g/mol. The van der Waals surface area contributed by atoms with Gasteiger partial charge in [-0.1, -0.05) is 54.0 Å². The number of nitrogens with zero attached hydrogens (tertiary/aromatic N) is 4. The lowest BCUT2D eigenvalue weighted by Gasteiger charge is -2.06. The van der Waals surface area contributed by atoms with Crippen LogP contribution in [0.1, 0.15) is 29.3 Å². The maximum atomic E-state index is 12.7. The Morgan fingerprint density at radius 2 is 1.70 bits per heavy atom. The Morgan fingerprint density at radius 1 is 1.00 bits per heavy atom. The molecule has 0 spiro atoms. The molecule has 4 aromatic rings. The molecule has 0 fully saturated rings. The van der Waals surface area contributed by atoms with Crippen molar-refractivity contribution in [3.05, 3.63) is 77.0 Å². The Kier molecular flexibility index (Phi) is 5.15. The summed E-state index contributed by atoms with van der Waals surface area (Å²) in [4.78, 5) is 4.32. The van der Waals surface area contributed by atoms with Crippen LogP contribution in [0.5, 0.6) is 0 Å². The molecule has 0 unspecified atom stereocenters. The molecule has 0 atom stereocenters. The van der Waals surface area contributed by atoms with Gasteiger partial charge in [0.25, 0.3) is 5.89 Å². The lowest BCUT2D eigenvalue weighted by atomic mass is 10.1. The number of hydrogen-bond acceptors (Lipinski definition) is 4. The van der Waals surface area contributed by atoms with Gasteiger partial charge >= 0.3 is 6.18 Å². The predicted octanol–water partition coefficient (Wildman–Crippen LogP) is 5.54. The molecule has 2 aromatic carbocycles. The third kappa shape index (κ3) is 4.12. The van der Waals surface area contributed by atoms with Gasteiger partial charge in [0.2, 0.25) is 5.82 Å². The number of rotatable bonds is 5. The fourth-order valence-corrected chi connectivity index (χ4v) is 3.10. The van der Waals surface area contributed by atoms with Crippen LogP contribution in [0.2, 0.25) is 0 Å². The van der Waals surface area contributed by atoms with E-state index in [0.717, 1.165) is 29.8 Å². The number of hydrogen-bond donors (Lipinski definition) is 0. The molecule has 0 aliphatic carbocycles. The molecule has 0 aliphatic heterocycles. The monoisotopic (exact) mass is 412 g/mol. The number of aromatic nitrogens is 4. The van der Waals surface area contributed by atoms with Crippen molar-refractivity contribution in [3.63, 3.8) is 0 Å². The van der Waals surface area contributed by atoms with Crippen molar-refractivity contribution in [1.29, 1.82) is 0 Å². The first kappa shape index (κ1) is 19.9. The van der Waals surface area contributed by atoms with Gasteiger partial charge in [0.15, 0.2) is 5.69 Å². The molecule has 0 bridgehead atoms. The second-order valence-electron chi connectivity index (χ2n) is 7.02. The molecule has 0 aliphatic rings. The van der Waals surface area contributed by atoms with Gasteiger partial charge in [-0.05, 0) is 37.1 Å². The fraction of sp³-hybridized carbons (Fsp3) is 0.227. The zero-order valence-corrected chi connectivity index (χ0v) is 16.4. The maximum absolute atomic E-state index is 12.7. The van der Waals surface area contributed by atoms with E-state index >= 15 is 0 Å². The SMILES string of the molecule is CCc1cc(-c2nc(-c3ccc(C(F)(F)F)cc3)no2)nn1Cc1ccc(C)cc1. The van der Waals surface area contributed by atoms with E-state index in [4.69, 9.17) is 4.52 Å².